The van der Waals surface area contributed by atoms with E-state index < -0.39 is 0 Å². The second-order valence-electron chi connectivity index (χ2n) is 6.94. The van der Waals surface area contributed by atoms with Gasteiger partial charge in [-0.25, -0.2) is 0 Å². The Balaban J connectivity index is 1.33. The van der Waals surface area contributed by atoms with Gasteiger partial charge in [-0.05, 0) is 23.8 Å². The lowest BCUT2D eigenvalue weighted by Gasteiger charge is -2.33. The maximum absolute atomic E-state index is 12.5. The third-order valence-electron chi connectivity index (χ3n) is 5.13. The maximum atomic E-state index is 12.5. The molecule has 1 atom stereocenters. The van der Waals surface area contributed by atoms with Gasteiger partial charge in [0.25, 0.3) is 5.91 Å². The Morgan fingerprint density at radius 3 is 3.00 bits per heavy atom. The van der Waals surface area contributed by atoms with Crippen LogP contribution in [0.15, 0.2) is 54.7 Å². The first-order valence-electron chi connectivity index (χ1n) is 9.43. The highest BCUT2D eigenvalue weighted by Gasteiger charge is 2.31. The Hall–Kier alpha value is -3.12. The van der Waals surface area contributed by atoms with Crippen molar-refractivity contribution in [3.8, 4) is 11.5 Å². The number of nitrogens with zero attached hydrogens (tertiary/aromatic N) is 2. The van der Waals surface area contributed by atoms with E-state index in [1.165, 1.54) is 0 Å². The zero-order chi connectivity index (χ0) is 18.9. The molecule has 1 unspecified atom stereocenters. The van der Waals surface area contributed by atoms with Crippen LogP contribution in [0.5, 0.6) is 11.5 Å². The van der Waals surface area contributed by atoms with Crippen molar-refractivity contribution in [2.75, 3.05) is 31.3 Å². The summed E-state index contributed by atoms with van der Waals surface area (Å²) in [4.78, 5) is 18.6. The summed E-state index contributed by atoms with van der Waals surface area (Å²) in [5.41, 5.74) is 2.79. The molecule has 2 aliphatic rings. The number of hydrogen-bond acceptors (Lipinski definition) is 5. The first-order chi connectivity index (χ1) is 13.8. The van der Waals surface area contributed by atoms with Gasteiger partial charge in [-0.15, -0.1) is 0 Å². The number of benzene rings is 2. The van der Waals surface area contributed by atoms with Crippen LogP contribution in [0.2, 0.25) is 0 Å². The molecule has 3 aromatic rings. The lowest BCUT2D eigenvalue weighted by molar-refractivity contribution is -0.130. The van der Waals surface area contributed by atoms with E-state index in [4.69, 9.17) is 14.2 Å². The first-order valence-corrected chi connectivity index (χ1v) is 9.43. The van der Waals surface area contributed by atoms with E-state index in [2.05, 4.69) is 4.98 Å². The number of pyridine rings is 1. The van der Waals surface area contributed by atoms with Crippen molar-refractivity contribution in [2.45, 2.75) is 12.5 Å². The summed E-state index contributed by atoms with van der Waals surface area (Å²) in [5, 5.41) is 1.03. The molecule has 1 fully saturated rings. The van der Waals surface area contributed by atoms with Crippen molar-refractivity contribution in [3.63, 3.8) is 0 Å². The number of carbonyl (C=O) groups is 1. The minimum absolute atomic E-state index is 0.0332. The number of anilines is 1. The van der Waals surface area contributed by atoms with Crippen molar-refractivity contribution < 1.29 is 19.0 Å². The average Bonchev–Trinajstić information content (AvgIpc) is 3.22. The van der Waals surface area contributed by atoms with Gasteiger partial charge < -0.3 is 19.1 Å². The summed E-state index contributed by atoms with van der Waals surface area (Å²) in [7, 11) is 0. The van der Waals surface area contributed by atoms with Gasteiger partial charge in [-0.3, -0.25) is 9.78 Å². The van der Waals surface area contributed by atoms with Crippen LogP contribution in [0.25, 0.3) is 10.9 Å². The highest BCUT2D eigenvalue weighted by molar-refractivity contribution is 5.96. The molecule has 0 radical (unpaired) electrons. The van der Waals surface area contributed by atoms with Crippen molar-refractivity contribution in [1.29, 1.82) is 0 Å². The van der Waals surface area contributed by atoms with E-state index >= 15 is 0 Å². The van der Waals surface area contributed by atoms with Gasteiger partial charge in [0.1, 0.15) is 36.3 Å². The summed E-state index contributed by atoms with van der Waals surface area (Å²) in [5.74, 6) is 1.47. The van der Waals surface area contributed by atoms with E-state index in [1.807, 2.05) is 48.5 Å². The number of amides is 1. The van der Waals surface area contributed by atoms with Crippen molar-refractivity contribution >= 4 is 22.5 Å². The van der Waals surface area contributed by atoms with E-state index in [0.717, 1.165) is 34.3 Å². The fourth-order valence-corrected chi connectivity index (χ4v) is 3.74. The Bertz CT molecular complexity index is 1030. The van der Waals surface area contributed by atoms with Gasteiger partial charge in [-0.2, -0.15) is 0 Å². The molecular weight excluding hydrogens is 356 g/mol. The zero-order valence-electron chi connectivity index (χ0n) is 15.3. The summed E-state index contributed by atoms with van der Waals surface area (Å²) < 4.78 is 17.5. The monoisotopic (exact) mass is 376 g/mol. The zero-order valence-corrected chi connectivity index (χ0v) is 15.3. The average molecular weight is 376 g/mol. The van der Waals surface area contributed by atoms with Crippen molar-refractivity contribution in [1.82, 2.24) is 4.98 Å². The van der Waals surface area contributed by atoms with Crippen LogP contribution in [0.3, 0.4) is 0 Å². The normalized spacial score (nSPS) is 18.8. The number of hydrogen-bond donors (Lipinski definition) is 0. The second-order valence-corrected chi connectivity index (χ2v) is 6.94. The van der Waals surface area contributed by atoms with Crippen LogP contribution in [-0.2, 0) is 16.0 Å². The predicted molar refractivity (Wildman–Crippen MR) is 105 cm³/mol. The molecule has 0 saturated carbocycles. The van der Waals surface area contributed by atoms with Gasteiger partial charge >= 0.3 is 0 Å². The topological polar surface area (TPSA) is 60.9 Å². The highest BCUT2D eigenvalue weighted by atomic mass is 16.5. The molecule has 2 aliphatic heterocycles. The van der Waals surface area contributed by atoms with Crippen LogP contribution < -0.4 is 14.4 Å². The van der Waals surface area contributed by atoms with Crippen molar-refractivity contribution in [2.24, 2.45) is 0 Å². The van der Waals surface area contributed by atoms with Gasteiger partial charge in [0.15, 0.2) is 0 Å². The second kappa shape index (κ2) is 7.13. The molecule has 0 N–H and O–H groups in total. The lowest BCUT2D eigenvalue weighted by atomic mass is 10.1. The van der Waals surface area contributed by atoms with E-state index in [9.17, 15) is 4.79 Å². The van der Waals surface area contributed by atoms with E-state index in [-0.39, 0.29) is 18.6 Å². The highest BCUT2D eigenvalue weighted by Crippen LogP contribution is 2.37. The van der Waals surface area contributed by atoms with Crippen LogP contribution in [0.4, 0.5) is 5.69 Å². The van der Waals surface area contributed by atoms with E-state index in [1.54, 1.807) is 11.1 Å². The quantitative estimate of drug-likeness (QED) is 0.701. The number of morpholine rings is 1. The molecule has 0 aliphatic carbocycles. The third kappa shape index (κ3) is 3.05. The SMILES string of the molecule is O=C1COC(COc2cccc3cccnc23)CN1c1cccc2c1OCC2. The summed E-state index contributed by atoms with van der Waals surface area (Å²) in [6.07, 6.45) is 2.40. The Labute approximate surface area is 162 Å². The summed E-state index contributed by atoms with van der Waals surface area (Å²) >= 11 is 0. The number of fused-ring (bicyclic) bond motifs is 2. The van der Waals surface area contributed by atoms with Crippen LogP contribution in [0.1, 0.15) is 5.56 Å². The molecule has 6 heteroatoms. The minimum Gasteiger partial charge on any atom is -0.491 e. The molecule has 142 valence electrons. The minimum atomic E-state index is -0.228. The van der Waals surface area contributed by atoms with E-state index in [0.29, 0.717) is 25.5 Å². The number of carbonyl (C=O) groups excluding carboxylic acids is 1. The largest absolute Gasteiger partial charge is 0.491 e. The Morgan fingerprint density at radius 1 is 1.14 bits per heavy atom. The first kappa shape index (κ1) is 17.0. The number of para-hydroxylation sites is 2. The van der Waals surface area contributed by atoms with Crippen LogP contribution >= 0.6 is 0 Å². The van der Waals surface area contributed by atoms with Gasteiger partial charge in [-0.1, -0.05) is 30.3 Å². The summed E-state index contributed by atoms with van der Waals surface area (Å²) in [6, 6.07) is 15.7. The summed E-state index contributed by atoms with van der Waals surface area (Å²) in [6.45, 7) is 1.46. The standard InChI is InChI=1S/C22H20N2O4/c25-20-14-27-17(12-24(20)18-7-1-5-16-9-11-26-22(16)18)13-28-19-8-2-4-15-6-3-10-23-21(15)19/h1-8,10,17H,9,11-14H2. The molecule has 1 aromatic heterocycles. The lowest BCUT2D eigenvalue weighted by Crippen LogP contribution is -2.49. The number of rotatable bonds is 4. The Kier molecular flexibility index (Phi) is 4.33. The van der Waals surface area contributed by atoms with Crippen LogP contribution in [-0.4, -0.2) is 43.4 Å². The smallest absolute Gasteiger partial charge is 0.253 e. The molecule has 0 spiro atoms. The molecule has 1 amide bonds. The Morgan fingerprint density at radius 2 is 2.04 bits per heavy atom. The fraction of sp³-hybridized carbons (Fsp3) is 0.273. The molecule has 5 rings (SSSR count). The molecule has 28 heavy (non-hydrogen) atoms. The van der Waals surface area contributed by atoms with Gasteiger partial charge in [0.05, 0.1) is 18.8 Å². The molecule has 0 bridgehead atoms. The molecule has 1 saturated heterocycles. The predicted octanol–water partition coefficient (Wildman–Crippen LogP) is 2.98. The fourth-order valence-electron chi connectivity index (χ4n) is 3.74. The molecule has 3 heterocycles. The van der Waals surface area contributed by atoms with Gasteiger partial charge in [0, 0.05) is 18.0 Å². The number of ether oxygens (including phenoxy) is 3. The molecular formula is C22H20N2O4. The maximum Gasteiger partial charge on any atom is 0.253 e. The van der Waals surface area contributed by atoms with Gasteiger partial charge in [0.2, 0.25) is 0 Å². The molecule has 2 aromatic carbocycles. The third-order valence-corrected chi connectivity index (χ3v) is 5.13. The van der Waals surface area contributed by atoms with Crippen molar-refractivity contribution in [3.05, 3.63) is 60.3 Å². The number of aromatic nitrogens is 1. The molecule has 6 nitrogen and oxygen atoms in total. The van der Waals surface area contributed by atoms with Crippen LogP contribution in [0, 0.1) is 0 Å².